The normalized spacial score (nSPS) is 10.8. The number of pyridine rings is 2. The number of carbonyl (C=O) groups is 1. The van der Waals surface area contributed by atoms with Crippen LogP contribution in [0.2, 0.25) is 0 Å². The molecule has 122 valence electrons. The van der Waals surface area contributed by atoms with Gasteiger partial charge in [-0.15, -0.1) is 0 Å². The van der Waals surface area contributed by atoms with E-state index in [4.69, 9.17) is 0 Å². The van der Waals surface area contributed by atoms with Gasteiger partial charge in [0.25, 0.3) is 5.91 Å². The van der Waals surface area contributed by atoms with Gasteiger partial charge in [0.15, 0.2) is 0 Å². The maximum Gasteiger partial charge on any atom is 0.257 e. The molecule has 0 aliphatic rings. The molecular weight excluding hydrogens is 312 g/mol. The number of benzene rings is 1. The molecule has 0 radical (unpaired) electrons. The average molecular weight is 328 g/mol. The van der Waals surface area contributed by atoms with Gasteiger partial charge in [0.2, 0.25) is 0 Å². The molecule has 4 aromatic rings. The first-order valence-corrected chi connectivity index (χ1v) is 7.97. The van der Waals surface area contributed by atoms with Crippen LogP contribution in [0.4, 0.5) is 5.69 Å². The van der Waals surface area contributed by atoms with Crippen molar-refractivity contribution in [3.63, 3.8) is 0 Å². The first kappa shape index (κ1) is 15.1. The minimum atomic E-state index is -0.173. The zero-order chi connectivity index (χ0) is 17.2. The van der Waals surface area contributed by atoms with E-state index < -0.39 is 0 Å². The maximum absolute atomic E-state index is 12.5. The van der Waals surface area contributed by atoms with Crippen LogP contribution in [-0.2, 0) is 0 Å². The lowest BCUT2D eigenvalue weighted by Crippen LogP contribution is -2.13. The Morgan fingerprint density at radius 3 is 2.72 bits per heavy atom. The zero-order valence-electron chi connectivity index (χ0n) is 13.7. The molecule has 0 fully saturated rings. The molecule has 0 aliphatic heterocycles. The Morgan fingerprint density at radius 2 is 1.92 bits per heavy atom. The molecule has 3 aromatic heterocycles. The van der Waals surface area contributed by atoms with Crippen molar-refractivity contribution in [2.45, 2.75) is 6.92 Å². The summed E-state index contributed by atoms with van der Waals surface area (Å²) in [6, 6.07) is 17.5. The summed E-state index contributed by atoms with van der Waals surface area (Å²) >= 11 is 0. The van der Waals surface area contributed by atoms with Crippen molar-refractivity contribution < 1.29 is 4.79 Å². The fraction of sp³-hybridized carbons (Fsp3) is 0.0500. The molecule has 25 heavy (non-hydrogen) atoms. The molecule has 4 rings (SSSR count). The number of aromatic nitrogens is 3. The van der Waals surface area contributed by atoms with Crippen LogP contribution in [0.5, 0.6) is 0 Å². The third-order valence-electron chi connectivity index (χ3n) is 4.06. The summed E-state index contributed by atoms with van der Waals surface area (Å²) in [6.45, 7) is 1.91. The summed E-state index contributed by atoms with van der Waals surface area (Å²) in [4.78, 5) is 16.5. The molecule has 0 atom stereocenters. The van der Waals surface area contributed by atoms with Crippen molar-refractivity contribution in [3.05, 3.63) is 84.3 Å². The Balaban J connectivity index is 1.65. The largest absolute Gasteiger partial charge is 0.322 e. The molecule has 0 spiro atoms. The van der Waals surface area contributed by atoms with E-state index in [1.165, 1.54) is 0 Å². The third-order valence-corrected chi connectivity index (χ3v) is 4.06. The highest BCUT2D eigenvalue weighted by atomic mass is 16.1. The molecule has 1 aromatic carbocycles. The summed E-state index contributed by atoms with van der Waals surface area (Å²) in [7, 11) is 0. The van der Waals surface area contributed by atoms with Gasteiger partial charge in [-0.2, -0.15) is 5.10 Å². The summed E-state index contributed by atoms with van der Waals surface area (Å²) < 4.78 is 1.73. The van der Waals surface area contributed by atoms with E-state index in [1.54, 1.807) is 35.2 Å². The third kappa shape index (κ3) is 2.99. The second-order valence-corrected chi connectivity index (χ2v) is 5.83. The van der Waals surface area contributed by atoms with Crippen molar-refractivity contribution in [1.82, 2.24) is 14.6 Å². The number of rotatable bonds is 3. The van der Waals surface area contributed by atoms with Crippen LogP contribution in [0.3, 0.4) is 0 Å². The van der Waals surface area contributed by atoms with Gasteiger partial charge in [-0.05, 0) is 36.8 Å². The van der Waals surface area contributed by atoms with Gasteiger partial charge in [-0.25, -0.2) is 4.52 Å². The molecule has 0 saturated heterocycles. The number of hydrogen-bond donors (Lipinski definition) is 1. The van der Waals surface area contributed by atoms with Gasteiger partial charge in [-0.1, -0.05) is 30.3 Å². The number of anilines is 1. The highest BCUT2D eigenvalue weighted by Crippen LogP contribution is 2.20. The van der Waals surface area contributed by atoms with Crippen molar-refractivity contribution >= 4 is 17.1 Å². The van der Waals surface area contributed by atoms with Gasteiger partial charge in [0.1, 0.15) is 0 Å². The van der Waals surface area contributed by atoms with Crippen molar-refractivity contribution in [2.75, 3.05) is 5.32 Å². The van der Waals surface area contributed by atoms with E-state index in [-0.39, 0.29) is 5.91 Å². The predicted molar refractivity (Wildman–Crippen MR) is 97.6 cm³/mol. The fourth-order valence-electron chi connectivity index (χ4n) is 2.68. The SMILES string of the molecule is Cc1cnccc1NC(=O)c1ccc2cc(-c3ccccc3)nn2c1. The Morgan fingerprint density at radius 1 is 1.08 bits per heavy atom. The molecule has 0 aliphatic carbocycles. The number of nitrogens with one attached hydrogen (secondary N) is 1. The maximum atomic E-state index is 12.5. The molecule has 1 N–H and O–H groups in total. The second kappa shape index (κ2) is 6.20. The predicted octanol–water partition coefficient (Wildman–Crippen LogP) is 3.96. The Bertz CT molecular complexity index is 1050. The van der Waals surface area contributed by atoms with Crippen LogP contribution < -0.4 is 5.32 Å². The number of aryl methyl sites for hydroxylation is 1. The van der Waals surface area contributed by atoms with Gasteiger partial charge in [0.05, 0.1) is 16.8 Å². The van der Waals surface area contributed by atoms with Crippen LogP contribution in [0.1, 0.15) is 15.9 Å². The van der Waals surface area contributed by atoms with E-state index in [0.29, 0.717) is 5.56 Å². The molecule has 0 saturated carbocycles. The fourth-order valence-corrected chi connectivity index (χ4v) is 2.68. The lowest BCUT2D eigenvalue weighted by atomic mass is 10.1. The van der Waals surface area contributed by atoms with Crippen LogP contribution in [0.15, 0.2) is 73.2 Å². The van der Waals surface area contributed by atoms with Gasteiger partial charge in [0, 0.05) is 29.8 Å². The monoisotopic (exact) mass is 328 g/mol. The van der Waals surface area contributed by atoms with Crippen LogP contribution in [0, 0.1) is 6.92 Å². The summed E-state index contributed by atoms with van der Waals surface area (Å²) in [5.41, 5.74) is 5.09. The van der Waals surface area contributed by atoms with Crippen LogP contribution in [-0.4, -0.2) is 20.5 Å². The Hall–Kier alpha value is -3.47. The van der Waals surface area contributed by atoms with Crippen molar-refractivity contribution in [1.29, 1.82) is 0 Å². The molecular formula is C20H16N4O. The summed E-state index contributed by atoms with van der Waals surface area (Å²) in [5, 5.41) is 7.49. The molecule has 0 unspecified atom stereocenters. The van der Waals surface area contributed by atoms with Crippen molar-refractivity contribution in [2.24, 2.45) is 0 Å². The number of fused-ring (bicyclic) bond motifs is 1. The quantitative estimate of drug-likeness (QED) is 0.619. The van der Waals surface area contributed by atoms with E-state index in [9.17, 15) is 4.79 Å². The molecule has 0 bridgehead atoms. The van der Waals surface area contributed by atoms with E-state index >= 15 is 0 Å². The van der Waals surface area contributed by atoms with Gasteiger partial charge < -0.3 is 5.32 Å². The van der Waals surface area contributed by atoms with Crippen LogP contribution in [0.25, 0.3) is 16.8 Å². The summed E-state index contributed by atoms with van der Waals surface area (Å²) in [6.07, 6.45) is 5.12. The lowest BCUT2D eigenvalue weighted by Gasteiger charge is -2.07. The highest BCUT2D eigenvalue weighted by Gasteiger charge is 2.10. The molecule has 5 nitrogen and oxygen atoms in total. The smallest absolute Gasteiger partial charge is 0.257 e. The standard InChI is InChI=1S/C20H16N4O/c1-14-12-21-10-9-18(14)22-20(25)16-7-8-17-11-19(23-24(17)13-16)15-5-3-2-4-6-15/h2-13H,1H3,(H,21,22,25). The lowest BCUT2D eigenvalue weighted by molar-refractivity contribution is 0.102. The molecule has 3 heterocycles. The Kier molecular flexibility index (Phi) is 3.74. The second-order valence-electron chi connectivity index (χ2n) is 5.83. The molecule has 1 amide bonds. The first-order chi connectivity index (χ1) is 12.2. The highest BCUT2D eigenvalue weighted by molar-refractivity contribution is 6.04. The number of hydrogen-bond acceptors (Lipinski definition) is 3. The average Bonchev–Trinajstić information content (AvgIpc) is 3.07. The van der Waals surface area contributed by atoms with E-state index in [1.807, 2.05) is 49.4 Å². The summed E-state index contributed by atoms with van der Waals surface area (Å²) in [5.74, 6) is -0.173. The van der Waals surface area contributed by atoms with Gasteiger partial charge in [-0.3, -0.25) is 9.78 Å². The van der Waals surface area contributed by atoms with E-state index in [0.717, 1.165) is 28.0 Å². The van der Waals surface area contributed by atoms with E-state index in [2.05, 4.69) is 15.4 Å². The van der Waals surface area contributed by atoms with Crippen LogP contribution >= 0.6 is 0 Å². The van der Waals surface area contributed by atoms with Crippen molar-refractivity contribution in [3.8, 4) is 11.3 Å². The minimum absolute atomic E-state index is 0.173. The van der Waals surface area contributed by atoms with Gasteiger partial charge >= 0.3 is 0 Å². The molecule has 5 heteroatoms. The number of nitrogens with zero attached hydrogens (tertiary/aromatic N) is 3. The number of carbonyl (C=O) groups excluding carboxylic acids is 1. The first-order valence-electron chi connectivity index (χ1n) is 7.97. The number of amides is 1. The Labute approximate surface area is 145 Å². The zero-order valence-corrected chi connectivity index (χ0v) is 13.7. The topological polar surface area (TPSA) is 59.3 Å². The minimum Gasteiger partial charge on any atom is -0.322 e.